The quantitative estimate of drug-likeness (QED) is 0.500. The number of allylic oxidation sites excluding steroid dienone is 8. The Kier molecular flexibility index (Phi) is 7.29. The van der Waals surface area contributed by atoms with Crippen LogP contribution < -0.4 is 0 Å². The minimum Gasteiger partial charge on any atom is -0.289 e. The zero-order valence-electron chi connectivity index (χ0n) is 17.2. The van der Waals surface area contributed by atoms with Crippen molar-refractivity contribution < 1.29 is 9.59 Å². The van der Waals surface area contributed by atoms with E-state index < -0.39 is 0 Å². The second-order valence-corrected chi connectivity index (χ2v) is 7.64. The molecule has 0 saturated heterocycles. The molecule has 0 N–H and O–H groups in total. The van der Waals surface area contributed by atoms with Crippen LogP contribution in [0.4, 0.5) is 0 Å². The molecule has 2 nitrogen and oxygen atoms in total. The van der Waals surface area contributed by atoms with E-state index >= 15 is 0 Å². The van der Waals surface area contributed by atoms with Crippen LogP contribution in [0.15, 0.2) is 70.4 Å². The zero-order valence-corrected chi connectivity index (χ0v) is 17.2. The summed E-state index contributed by atoms with van der Waals surface area (Å²) in [6.45, 7) is 10.3. The Morgan fingerprint density at radius 2 is 1.48 bits per heavy atom. The van der Waals surface area contributed by atoms with Gasteiger partial charge in [-0.1, -0.05) is 59.2 Å². The number of carbonyl (C=O) groups excluding carboxylic acids is 2. The Bertz CT molecular complexity index is 856. The van der Waals surface area contributed by atoms with Crippen LogP contribution >= 0.6 is 0 Å². The first-order valence-corrected chi connectivity index (χ1v) is 9.64. The first-order chi connectivity index (χ1) is 12.8. The lowest BCUT2D eigenvalue weighted by Crippen LogP contribution is -2.20. The van der Waals surface area contributed by atoms with Gasteiger partial charge in [-0.3, -0.25) is 9.59 Å². The summed E-state index contributed by atoms with van der Waals surface area (Å²) in [7, 11) is 0. The first kappa shape index (κ1) is 20.8. The fourth-order valence-electron chi connectivity index (χ4n) is 3.17. The van der Waals surface area contributed by atoms with E-state index in [4.69, 9.17) is 0 Å². The van der Waals surface area contributed by atoms with Gasteiger partial charge in [0.05, 0.1) is 0 Å². The summed E-state index contributed by atoms with van der Waals surface area (Å²) in [4.78, 5) is 25.3. The third-order valence-electron chi connectivity index (χ3n) is 5.00. The lowest BCUT2D eigenvalue weighted by molar-refractivity contribution is 0.0973. The van der Waals surface area contributed by atoms with Crippen molar-refractivity contribution in [2.75, 3.05) is 0 Å². The van der Waals surface area contributed by atoms with Gasteiger partial charge in [0.15, 0.2) is 11.6 Å². The molecule has 1 aliphatic rings. The summed E-state index contributed by atoms with van der Waals surface area (Å²) >= 11 is 0. The molecule has 0 unspecified atom stereocenters. The number of hydrogen-bond donors (Lipinski definition) is 0. The number of rotatable bonds is 7. The molecule has 142 valence electrons. The standard InChI is InChI=1S/C25H30O2/c1-17(2)13-14-18(3)9-8-10-19(4)15-16-21-20(5)24(26)22-11-6-7-12-23(22)25(21)27/h6-7,9,11-13,15H,8,10,14,16H2,1-5H3. The van der Waals surface area contributed by atoms with Crippen LogP contribution in [0.25, 0.3) is 0 Å². The second-order valence-electron chi connectivity index (χ2n) is 7.64. The van der Waals surface area contributed by atoms with Crippen molar-refractivity contribution in [2.24, 2.45) is 0 Å². The zero-order chi connectivity index (χ0) is 20.0. The summed E-state index contributed by atoms with van der Waals surface area (Å²) in [5.74, 6) is -0.0340. The van der Waals surface area contributed by atoms with Crippen LogP contribution in [0.5, 0.6) is 0 Å². The molecule has 0 aromatic heterocycles. The minimum absolute atomic E-state index is 0.00999. The van der Waals surface area contributed by atoms with Gasteiger partial charge in [0.2, 0.25) is 0 Å². The van der Waals surface area contributed by atoms with E-state index in [0.29, 0.717) is 28.7 Å². The van der Waals surface area contributed by atoms with E-state index in [9.17, 15) is 9.59 Å². The van der Waals surface area contributed by atoms with Crippen LogP contribution in [0.2, 0.25) is 0 Å². The monoisotopic (exact) mass is 362 g/mol. The molecule has 0 amide bonds. The molecular weight excluding hydrogens is 332 g/mol. The SMILES string of the molecule is CC(C)=CCC(C)=CCCC(C)=CCC1=C(C)C(=O)c2ccccc2C1=O. The van der Waals surface area contributed by atoms with Crippen molar-refractivity contribution in [1.82, 2.24) is 0 Å². The average molecular weight is 363 g/mol. The molecule has 0 saturated carbocycles. The summed E-state index contributed by atoms with van der Waals surface area (Å²) < 4.78 is 0. The molecule has 1 aromatic carbocycles. The van der Waals surface area contributed by atoms with Crippen LogP contribution in [0.1, 0.15) is 81.0 Å². The van der Waals surface area contributed by atoms with Crippen LogP contribution in [0, 0.1) is 0 Å². The van der Waals surface area contributed by atoms with Crippen molar-refractivity contribution in [3.05, 3.63) is 81.5 Å². The molecular formula is C25H30O2. The molecule has 2 heteroatoms. The molecule has 0 spiro atoms. The molecule has 0 aliphatic heterocycles. The predicted molar refractivity (Wildman–Crippen MR) is 113 cm³/mol. The van der Waals surface area contributed by atoms with Crippen molar-refractivity contribution >= 4 is 11.6 Å². The topological polar surface area (TPSA) is 34.1 Å². The highest BCUT2D eigenvalue weighted by Crippen LogP contribution is 2.28. The van der Waals surface area contributed by atoms with E-state index in [1.807, 2.05) is 6.07 Å². The maximum absolute atomic E-state index is 12.8. The number of Topliss-reactive ketones (excluding diaryl/α,β-unsaturated/α-hetero) is 2. The van der Waals surface area contributed by atoms with Gasteiger partial charge < -0.3 is 0 Å². The third kappa shape index (κ3) is 5.50. The molecule has 0 fully saturated rings. The summed E-state index contributed by atoms with van der Waals surface area (Å²) in [6, 6.07) is 7.10. The maximum Gasteiger partial charge on any atom is 0.190 e. The fraction of sp³-hybridized carbons (Fsp3) is 0.360. The van der Waals surface area contributed by atoms with Crippen LogP contribution in [-0.2, 0) is 0 Å². The Balaban J connectivity index is 2.01. The van der Waals surface area contributed by atoms with Crippen molar-refractivity contribution in [2.45, 2.75) is 60.3 Å². The van der Waals surface area contributed by atoms with E-state index in [2.05, 4.69) is 45.9 Å². The minimum atomic E-state index is -0.0240. The van der Waals surface area contributed by atoms with Crippen molar-refractivity contribution in [3.63, 3.8) is 0 Å². The lowest BCUT2D eigenvalue weighted by Gasteiger charge is -2.18. The number of hydrogen-bond acceptors (Lipinski definition) is 2. The number of benzene rings is 1. The third-order valence-corrected chi connectivity index (χ3v) is 5.00. The molecule has 27 heavy (non-hydrogen) atoms. The molecule has 0 bridgehead atoms. The smallest absolute Gasteiger partial charge is 0.190 e. The number of ketones is 2. The Labute approximate surface area is 163 Å². The van der Waals surface area contributed by atoms with Crippen molar-refractivity contribution in [3.8, 4) is 0 Å². The molecule has 2 rings (SSSR count). The maximum atomic E-state index is 12.8. The summed E-state index contributed by atoms with van der Waals surface area (Å²) in [5.41, 5.74) is 6.26. The van der Waals surface area contributed by atoms with E-state index in [1.54, 1.807) is 25.1 Å². The fourth-order valence-corrected chi connectivity index (χ4v) is 3.17. The highest BCUT2D eigenvalue weighted by atomic mass is 16.1. The van der Waals surface area contributed by atoms with Gasteiger partial charge in [-0.25, -0.2) is 0 Å². The average Bonchev–Trinajstić information content (AvgIpc) is 2.64. The molecule has 1 aliphatic carbocycles. The lowest BCUT2D eigenvalue weighted by atomic mass is 9.83. The van der Waals surface area contributed by atoms with Gasteiger partial charge >= 0.3 is 0 Å². The molecule has 0 radical (unpaired) electrons. The highest BCUT2D eigenvalue weighted by Gasteiger charge is 2.28. The van der Waals surface area contributed by atoms with Crippen molar-refractivity contribution in [1.29, 1.82) is 0 Å². The molecule has 0 heterocycles. The summed E-state index contributed by atoms with van der Waals surface area (Å²) in [5, 5.41) is 0. The number of fused-ring (bicyclic) bond motifs is 1. The van der Waals surface area contributed by atoms with Gasteiger partial charge in [0.1, 0.15) is 0 Å². The molecule has 0 atom stereocenters. The van der Waals surface area contributed by atoms with Crippen LogP contribution in [0.3, 0.4) is 0 Å². The Hall–Kier alpha value is -2.48. The summed E-state index contributed by atoms with van der Waals surface area (Å²) in [6.07, 6.45) is 10.1. The Morgan fingerprint density at radius 1 is 0.852 bits per heavy atom. The molecule has 1 aromatic rings. The van der Waals surface area contributed by atoms with Gasteiger partial charge in [0, 0.05) is 22.3 Å². The van der Waals surface area contributed by atoms with Gasteiger partial charge in [-0.15, -0.1) is 0 Å². The largest absolute Gasteiger partial charge is 0.289 e. The second kappa shape index (κ2) is 9.45. The normalized spacial score (nSPS) is 15.1. The Morgan fingerprint density at radius 3 is 2.11 bits per heavy atom. The van der Waals surface area contributed by atoms with Gasteiger partial charge in [-0.05, 0) is 60.3 Å². The first-order valence-electron chi connectivity index (χ1n) is 9.64. The van der Waals surface area contributed by atoms with Gasteiger partial charge in [0.25, 0.3) is 0 Å². The van der Waals surface area contributed by atoms with Gasteiger partial charge in [-0.2, -0.15) is 0 Å². The van der Waals surface area contributed by atoms with E-state index in [1.165, 1.54) is 16.7 Å². The highest BCUT2D eigenvalue weighted by molar-refractivity contribution is 6.26. The van der Waals surface area contributed by atoms with E-state index in [0.717, 1.165) is 19.3 Å². The number of carbonyl (C=O) groups is 2. The van der Waals surface area contributed by atoms with E-state index in [-0.39, 0.29) is 11.6 Å². The predicted octanol–water partition coefficient (Wildman–Crippen LogP) is 6.80. The van der Waals surface area contributed by atoms with Crippen LogP contribution in [-0.4, -0.2) is 11.6 Å².